The quantitative estimate of drug-likeness (QED) is 0.445. The number of aliphatic hydroxyl groups excluding tert-OH is 1. The fourth-order valence-corrected chi connectivity index (χ4v) is 4.95. The van der Waals surface area contributed by atoms with Crippen LogP contribution in [0.15, 0.2) is 36.4 Å². The first-order valence-corrected chi connectivity index (χ1v) is 13.5. The molecular weight excluding hydrogens is 504 g/mol. The molecule has 2 aliphatic rings. The molecule has 40 heavy (non-hydrogen) atoms. The number of carbonyl (C=O) groups is 3. The van der Waals surface area contributed by atoms with Gasteiger partial charge >= 0.3 is 11.9 Å². The van der Waals surface area contributed by atoms with Crippen molar-refractivity contribution in [2.24, 2.45) is 0 Å². The topological polar surface area (TPSA) is 89.9 Å². The molecule has 0 fully saturated rings. The highest BCUT2D eigenvalue weighted by molar-refractivity contribution is 5.84. The Kier molecular flexibility index (Phi) is 12.8. The van der Waals surface area contributed by atoms with Crippen molar-refractivity contribution in [1.29, 1.82) is 0 Å². The molecule has 1 atom stereocenters. The van der Waals surface area contributed by atoms with Gasteiger partial charge in [-0.1, -0.05) is 51.3 Å². The first kappa shape index (κ1) is 35.0. The highest BCUT2D eigenvalue weighted by Crippen LogP contribution is 2.26. The number of ether oxygens (including phenoxy) is 2. The summed E-state index contributed by atoms with van der Waals surface area (Å²) >= 11 is 0. The van der Waals surface area contributed by atoms with Crippen LogP contribution in [0.3, 0.4) is 0 Å². The van der Waals surface area contributed by atoms with Crippen LogP contribution < -0.4 is 0 Å². The lowest BCUT2D eigenvalue weighted by atomic mass is 9.86. The van der Waals surface area contributed by atoms with E-state index in [1.54, 1.807) is 0 Å². The molecule has 0 amide bonds. The maximum absolute atomic E-state index is 11.9. The number of rotatable bonds is 4. The minimum atomic E-state index is -0.470. The minimum absolute atomic E-state index is 0. The average Bonchev–Trinajstić information content (AvgIpc) is 2.78. The number of aliphatic hydroxyl groups is 1. The summed E-state index contributed by atoms with van der Waals surface area (Å²) in [5, 5.41) is 9.78. The van der Waals surface area contributed by atoms with Gasteiger partial charge in [0.05, 0.1) is 18.9 Å². The molecule has 0 aromatic heterocycles. The first-order chi connectivity index (χ1) is 17.7. The second kappa shape index (κ2) is 14.6. The second-order valence-electron chi connectivity index (χ2n) is 12.2. The predicted molar refractivity (Wildman–Crippen MR) is 161 cm³/mol. The largest absolute Gasteiger partial charge is 0.460 e. The molecule has 2 aromatic rings. The fraction of sp³-hybridized carbons (Fsp3) is 0.559. The van der Waals surface area contributed by atoms with Crippen LogP contribution in [0.5, 0.6) is 0 Å². The molecule has 0 heterocycles. The molecule has 0 bridgehead atoms. The van der Waals surface area contributed by atoms with E-state index in [1.807, 2.05) is 71.9 Å². The van der Waals surface area contributed by atoms with Gasteiger partial charge in [-0.2, -0.15) is 0 Å². The van der Waals surface area contributed by atoms with Crippen LogP contribution in [0.4, 0.5) is 0 Å². The minimum Gasteiger partial charge on any atom is -0.460 e. The third kappa shape index (κ3) is 10.9. The first-order valence-electron chi connectivity index (χ1n) is 13.5. The van der Waals surface area contributed by atoms with Crippen LogP contribution in [0.25, 0.3) is 0 Å². The smallest absolute Gasteiger partial charge is 0.310 e. The number of Topliss-reactive ketones (excluding diaryl/α,β-unsaturated/α-hetero) is 1. The number of hydrogen-bond donors (Lipinski definition) is 1. The lowest BCUT2D eigenvalue weighted by Crippen LogP contribution is -2.26. The van der Waals surface area contributed by atoms with Gasteiger partial charge in [0, 0.05) is 12.8 Å². The highest BCUT2D eigenvalue weighted by atomic mass is 16.6. The molecule has 4 rings (SSSR count). The van der Waals surface area contributed by atoms with Crippen LogP contribution in [0.1, 0.15) is 103 Å². The monoisotopic (exact) mass is 554 g/mol. The molecule has 2 aromatic carbocycles. The van der Waals surface area contributed by atoms with Crippen molar-refractivity contribution in [3.8, 4) is 0 Å². The molecular formula is C34H50O6. The summed E-state index contributed by atoms with van der Waals surface area (Å²) in [5.41, 5.74) is 5.61. The van der Waals surface area contributed by atoms with Crippen molar-refractivity contribution in [2.75, 3.05) is 0 Å². The van der Waals surface area contributed by atoms with E-state index in [4.69, 9.17) is 9.47 Å². The van der Waals surface area contributed by atoms with E-state index in [0.717, 1.165) is 41.5 Å². The zero-order valence-corrected chi connectivity index (χ0v) is 23.7. The van der Waals surface area contributed by atoms with Crippen molar-refractivity contribution in [3.05, 3.63) is 69.8 Å². The second-order valence-corrected chi connectivity index (χ2v) is 12.2. The molecule has 0 radical (unpaired) electrons. The summed E-state index contributed by atoms with van der Waals surface area (Å²) in [4.78, 5) is 35.4. The Morgan fingerprint density at radius 3 is 1.75 bits per heavy atom. The van der Waals surface area contributed by atoms with E-state index in [-0.39, 0.29) is 51.5 Å². The van der Waals surface area contributed by atoms with Crippen molar-refractivity contribution >= 4 is 17.7 Å². The van der Waals surface area contributed by atoms with Gasteiger partial charge in [0.15, 0.2) is 0 Å². The Morgan fingerprint density at radius 2 is 1.25 bits per heavy atom. The molecule has 222 valence electrons. The molecule has 6 nitrogen and oxygen atoms in total. The molecule has 0 aliphatic heterocycles. The number of carbonyl (C=O) groups excluding carboxylic acids is 3. The highest BCUT2D eigenvalue weighted by Gasteiger charge is 2.23. The van der Waals surface area contributed by atoms with Crippen LogP contribution in [-0.4, -0.2) is 40.1 Å². The standard InChI is InChI=1S/C16H22O3.C16H20O3.2CH4/c2*1-16(2,3)19-15(18)9-12-6-4-5-11-7-8-13(17)10-14(11)12;;/h4-6,13,17H,7-10H2,1-3H3;4-6H,7-10H2,1-3H3;2*1H4. The van der Waals surface area contributed by atoms with Crippen LogP contribution >= 0.6 is 0 Å². The van der Waals surface area contributed by atoms with E-state index >= 15 is 0 Å². The number of fused-ring (bicyclic) bond motifs is 2. The Balaban J connectivity index is 0.000000381. The molecule has 0 spiro atoms. The van der Waals surface area contributed by atoms with Gasteiger partial charge in [-0.05, 0) is 101 Å². The zero-order chi connectivity index (χ0) is 28.1. The Labute approximate surface area is 241 Å². The average molecular weight is 555 g/mol. The maximum atomic E-state index is 11.9. The van der Waals surface area contributed by atoms with Crippen LogP contribution in [-0.2, 0) is 62.4 Å². The summed E-state index contributed by atoms with van der Waals surface area (Å²) in [6, 6.07) is 11.9. The van der Waals surface area contributed by atoms with Crippen molar-refractivity contribution in [1.82, 2.24) is 0 Å². The van der Waals surface area contributed by atoms with E-state index in [0.29, 0.717) is 19.3 Å². The van der Waals surface area contributed by atoms with Crippen molar-refractivity contribution in [3.63, 3.8) is 0 Å². The third-order valence-corrected chi connectivity index (χ3v) is 6.48. The third-order valence-electron chi connectivity index (χ3n) is 6.48. The van der Waals surface area contributed by atoms with Gasteiger partial charge < -0.3 is 14.6 Å². The van der Waals surface area contributed by atoms with Gasteiger partial charge in [0.25, 0.3) is 0 Å². The molecule has 1 unspecified atom stereocenters. The summed E-state index contributed by atoms with van der Waals surface area (Å²) in [5.74, 6) is -0.191. The summed E-state index contributed by atoms with van der Waals surface area (Å²) < 4.78 is 10.7. The van der Waals surface area contributed by atoms with Crippen molar-refractivity contribution < 1.29 is 29.0 Å². The van der Waals surface area contributed by atoms with Gasteiger partial charge in [0.2, 0.25) is 0 Å². The lowest BCUT2D eigenvalue weighted by molar-refractivity contribution is -0.155. The molecule has 0 saturated carbocycles. The normalized spacial score (nSPS) is 16.1. The van der Waals surface area contributed by atoms with Gasteiger partial charge in [-0.3, -0.25) is 14.4 Å². The Morgan fingerprint density at radius 1 is 0.775 bits per heavy atom. The summed E-state index contributed by atoms with van der Waals surface area (Å²) in [7, 11) is 0. The van der Waals surface area contributed by atoms with Gasteiger partial charge in [-0.15, -0.1) is 0 Å². The molecule has 1 N–H and O–H groups in total. The number of hydrogen-bond acceptors (Lipinski definition) is 6. The maximum Gasteiger partial charge on any atom is 0.310 e. The zero-order valence-electron chi connectivity index (χ0n) is 23.7. The Bertz CT molecular complexity index is 1170. The van der Waals surface area contributed by atoms with E-state index in [2.05, 4.69) is 6.07 Å². The molecule has 2 aliphatic carbocycles. The predicted octanol–water partition coefficient (Wildman–Crippen LogP) is 6.32. The van der Waals surface area contributed by atoms with Gasteiger partial charge in [-0.25, -0.2) is 0 Å². The number of ketones is 1. The lowest BCUT2D eigenvalue weighted by Gasteiger charge is -2.24. The number of esters is 2. The number of benzene rings is 2. The summed E-state index contributed by atoms with van der Waals surface area (Å²) in [6.45, 7) is 11.2. The fourth-order valence-electron chi connectivity index (χ4n) is 4.95. The summed E-state index contributed by atoms with van der Waals surface area (Å²) in [6.07, 6.45) is 4.44. The molecule has 0 saturated heterocycles. The SMILES string of the molecule is C.C.CC(C)(C)OC(=O)Cc1cccc2c1CC(=O)CC2.CC(C)(C)OC(=O)Cc1cccc2c1CC(O)CC2. The number of aryl methyl sites for hydroxylation is 2. The van der Waals surface area contributed by atoms with E-state index < -0.39 is 11.2 Å². The van der Waals surface area contributed by atoms with Crippen LogP contribution in [0.2, 0.25) is 0 Å². The van der Waals surface area contributed by atoms with Crippen LogP contribution in [0, 0.1) is 0 Å². The molecule has 6 heteroatoms. The van der Waals surface area contributed by atoms with Crippen molar-refractivity contribution in [2.45, 2.75) is 125 Å². The van der Waals surface area contributed by atoms with E-state index in [9.17, 15) is 19.5 Å². The Hall–Kier alpha value is -2.99. The van der Waals surface area contributed by atoms with Gasteiger partial charge in [0.1, 0.15) is 17.0 Å². The van der Waals surface area contributed by atoms with E-state index in [1.165, 1.54) is 11.1 Å².